The van der Waals surface area contributed by atoms with Crippen LogP contribution in [0.25, 0.3) is 0 Å². The van der Waals surface area contributed by atoms with Crippen molar-refractivity contribution in [3.05, 3.63) is 66.1 Å². The van der Waals surface area contributed by atoms with Crippen LogP contribution in [0.1, 0.15) is 11.3 Å². The number of nitrogens with one attached hydrogen (secondary N) is 2. The molecule has 0 aliphatic heterocycles. The van der Waals surface area contributed by atoms with Crippen molar-refractivity contribution in [2.45, 2.75) is 13.1 Å². The number of ether oxygens (including phenoxy) is 2. The summed E-state index contributed by atoms with van der Waals surface area (Å²) in [6.45, 7) is 1.18. The van der Waals surface area contributed by atoms with Crippen LogP contribution < -0.4 is 20.1 Å². The number of pyridine rings is 1. The Morgan fingerprint density at radius 3 is 2.50 bits per heavy atom. The van der Waals surface area contributed by atoms with Gasteiger partial charge in [-0.05, 0) is 35.9 Å². The molecule has 0 aliphatic rings. The number of rotatable bonds is 8. The van der Waals surface area contributed by atoms with E-state index in [0.717, 1.165) is 17.1 Å². The molecule has 3 rings (SSSR count). The maximum absolute atomic E-state index is 5.33. The smallest absolute Gasteiger partial charge is 0.224 e. The zero-order valence-electron chi connectivity index (χ0n) is 14.8. The van der Waals surface area contributed by atoms with Gasteiger partial charge in [-0.2, -0.15) is 4.98 Å². The fraction of sp³-hybridized carbons (Fsp3) is 0.211. The van der Waals surface area contributed by atoms with Gasteiger partial charge in [0.25, 0.3) is 0 Å². The maximum Gasteiger partial charge on any atom is 0.224 e. The predicted molar refractivity (Wildman–Crippen MR) is 100 cm³/mol. The third-order valence-corrected chi connectivity index (χ3v) is 3.73. The van der Waals surface area contributed by atoms with Crippen molar-refractivity contribution in [2.75, 3.05) is 24.9 Å². The van der Waals surface area contributed by atoms with Gasteiger partial charge in [0.2, 0.25) is 5.95 Å². The van der Waals surface area contributed by atoms with Gasteiger partial charge in [0.15, 0.2) is 11.5 Å². The first-order valence-corrected chi connectivity index (χ1v) is 8.20. The first-order valence-electron chi connectivity index (χ1n) is 8.20. The number of aromatic nitrogens is 3. The SMILES string of the molecule is COc1ccc(CNc2ccnc(NCc3ccccn3)n2)cc1OC. The second-order valence-electron chi connectivity index (χ2n) is 5.48. The van der Waals surface area contributed by atoms with E-state index in [1.54, 1.807) is 26.6 Å². The van der Waals surface area contributed by atoms with Crippen LogP contribution in [0.3, 0.4) is 0 Å². The fourth-order valence-corrected chi connectivity index (χ4v) is 2.40. The molecule has 0 spiro atoms. The quantitative estimate of drug-likeness (QED) is 0.645. The van der Waals surface area contributed by atoms with Crippen LogP contribution in [0.5, 0.6) is 11.5 Å². The van der Waals surface area contributed by atoms with E-state index in [9.17, 15) is 0 Å². The van der Waals surface area contributed by atoms with Gasteiger partial charge in [0.1, 0.15) is 5.82 Å². The minimum Gasteiger partial charge on any atom is -0.493 e. The Morgan fingerprint density at radius 2 is 1.73 bits per heavy atom. The van der Waals surface area contributed by atoms with Crippen molar-refractivity contribution in [3.63, 3.8) is 0 Å². The summed E-state index contributed by atoms with van der Waals surface area (Å²) < 4.78 is 10.6. The van der Waals surface area contributed by atoms with Crippen LogP contribution in [-0.4, -0.2) is 29.2 Å². The van der Waals surface area contributed by atoms with Crippen molar-refractivity contribution < 1.29 is 9.47 Å². The van der Waals surface area contributed by atoms with Crippen LogP contribution in [0.2, 0.25) is 0 Å². The topological polar surface area (TPSA) is 81.2 Å². The first kappa shape index (κ1) is 17.5. The number of anilines is 2. The lowest BCUT2D eigenvalue weighted by molar-refractivity contribution is 0.354. The molecule has 2 heterocycles. The monoisotopic (exact) mass is 351 g/mol. The Balaban J connectivity index is 1.60. The van der Waals surface area contributed by atoms with Crippen LogP contribution in [0.15, 0.2) is 54.9 Å². The maximum atomic E-state index is 5.33. The molecule has 0 amide bonds. The van der Waals surface area contributed by atoms with Crippen LogP contribution in [0.4, 0.5) is 11.8 Å². The molecule has 0 atom stereocenters. The van der Waals surface area contributed by atoms with E-state index in [1.165, 1.54) is 0 Å². The normalized spacial score (nSPS) is 10.2. The van der Waals surface area contributed by atoms with E-state index in [0.29, 0.717) is 30.5 Å². The van der Waals surface area contributed by atoms with Crippen molar-refractivity contribution in [1.29, 1.82) is 0 Å². The lowest BCUT2D eigenvalue weighted by atomic mass is 10.2. The summed E-state index contributed by atoms with van der Waals surface area (Å²) in [6.07, 6.45) is 3.48. The molecule has 1 aromatic carbocycles. The summed E-state index contributed by atoms with van der Waals surface area (Å²) in [7, 11) is 3.25. The first-order chi connectivity index (χ1) is 12.8. The molecule has 3 aromatic rings. The molecule has 7 nitrogen and oxygen atoms in total. The summed E-state index contributed by atoms with van der Waals surface area (Å²) in [4.78, 5) is 13.0. The number of benzene rings is 1. The van der Waals surface area contributed by atoms with Crippen molar-refractivity contribution >= 4 is 11.8 Å². The molecular formula is C19H21N5O2. The standard InChI is InChI=1S/C19H21N5O2/c1-25-16-7-6-14(11-17(16)26-2)12-22-18-8-10-21-19(24-18)23-13-15-5-3-4-9-20-15/h3-11H,12-13H2,1-2H3,(H2,21,22,23,24). The highest BCUT2D eigenvalue weighted by molar-refractivity contribution is 5.45. The molecule has 26 heavy (non-hydrogen) atoms. The van der Waals surface area contributed by atoms with Crippen LogP contribution in [0, 0.1) is 0 Å². The van der Waals surface area contributed by atoms with Gasteiger partial charge in [0.05, 0.1) is 26.5 Å². The Labute approximate surface area is 152 Å². The Kier molecular flexibility index (Phi) is 5.82. The molecular weight excluding hydrogens is 330 g/mol. The van der Waals surface area contributed by atoms with Crippen LogP contribution in [-0.2, 0) is 13.1 Å². The molecule has 0 saturated carbocycles. The van der Waals surface area contributed by atoms with E-state index >= 15 is 0 Å². The summed E-state index contributed by atoms with van der Waals surface area (Å²) in [6, 6.07) is 13.4. The molecule has 0 aliphatic carbocycles. The fourth-order valence-electron chi connectivity index (χ4n) is 2.40. The lowest BCUT2D eigenvalue weighted by Gasteiger charge is -2.11. The van der Waals surface area contributed by atoms with Crippen molar-refractivity contribution in [1.82, 2.24) is 15.0 Å². The number of hydrogen-bond acceptors (Lipinski definition) is 7. The van der Waals surface area contributed by atoms with Crippen molar-refractivity contribution in [3.8, 4) is 11.5 Å². The van der Waals surface area contributed by atoms with Crippen molar-refractivity contribution in [2.24, 2.45) is 0 Å². The van der Waals surface area contributed by atoms with E-state index < -0.39 is 0 Å². The van der Waals surface area contributed by atoms with E-state index in [2.05, 4.69) is 25.6 Å². The van der Waals surface area contributed by atoms with Gasteiger partial charge >= 0.3 is 0 Å². The van der Waals surface area contributed by atoms with E-state index in [1.807, 2.05) is 42.5 Å². The van der Waals surface area contributed by atoms with Gasteiger partial charge in [-0.25, -0.2) is 4.98 Å². The Morgan fingerprint density at radius 1 is 0.846 bits per heavy atom. The Hall–Kier alpha value is -3.35. The van der Waals surface area contributed by atoms with Crippen LogP contribution >= 0.6 is 0 Å². The largest absolute Gasteiger partial charge is 0.493 e. The molecule has 0 unspecified atom stereocenters. The average Bonchev–Trinajstić information content (AvgIpc) is 2.71. The van der Waals surface area contributed by atoms with E-state index in [-0.39, 0.29) is 0 Å². The second-order valence-corrected chi connectivity index (χ2v) is 5.48. The molecule has 134 valence electrons. The third kappa shape index (κ3) is 4.60. The minimum absolute atomic E-state index is 0.549. The number of hydrogen-bond donors (Lipinski definition) is 2. The molecule has 2 N–H and O–H groups in total. The van der Waals surface area contributed by atoms with Gasteiger partial charge in [0, 0.05) is 18.9 Å². The van der Waals surface area contributed by atoms with E-state index in [4.69, 9.17) is 9.47 Å². The van der Waals surface area contributed by atoms with Gasteiger partial charge in [-0.3, -0.25) is 4.98 Å². The Bertz CT molecular complexity index is 842. The molecule has 0 saturated heterocycles. The summed E-state index contributed by atoms with van der Waals surface area (Å²) >= 11 is 0. The zero-order chi connectivity index (χ0) is 18.2. The predicted octanol–water partition coefficient (Wildman–Crippen LogP) is 3.11. The summed E-state index contributed by atoms with van der Waals surface area (Å²) in [5.41, 5.74) is 1.99. The third-order valence-electron chi connectivity index (χ3n) is 3.73. The number of nitrogens with zero attached hydrogens (tertiary/aromatic N) is 3. The molecule has 0 bridgehead atoms. The van der Waals surface area contributed by atoms with Gasteiger partial charge in [-0.15, -0.1) is 0 Å². The number of methoxy groups -OCH3 is 2. The summed E-state index contributed by atoms with van der Waals surface area (Å²) in [5, 5.41) is 6.46. The second kappa shape index (κ2) is 8.66. The lowest BCUT2D eigenvalue weighted by Crippen LogP contribution is -2.07. The molecule has 7 heteroatoms. The highest BCUT2D eigenvalue weighted by Gasteiger charge is 2.05. The highest BCUT2D eigenvalue weighted by atomic mass is 16.5. The molecule has 0 radical (unpaired) electrons. The van der Waals surface area contributed by atoms with Gasteiger partial charge in [-0.1, -0.05) is 12.1 Å². The molecule has 2 aromatic heterocycles. The highest BCUT2D eigenvalue weighted by Crippen LogP contribution is 2.27. The minimum atomic E-state index is 0.549. The average molecular weight is 351 g/mol. The zero-order valence-corrected chi connectivity index (χ0v) is 14.8. The molecule has 0 fully saturated rings. The van der Waals surface area contributed by atoms with Gasteiger partial charge < -0.3 is 20.1 Å². The summed E-state index contributed by atoms with van der Waals surface area (Å²) in [5.74, 6) is 2.69.